The molecule has 0 aromatic heterocycles. The number of benzene rings is 2. The molecule has 1 fully saturated rings. The number of nitrogens with zero attached hydrogens (tertiary/aromatic N) is 3. The zero-order valence-corrected chi connectivity index (χ0v) is 13.2. The van der Waals surface area contributed by atoms with Crippen molar-refractivity contribution in [3.05, 3.63) is 69.8 Å². The maximum Gasteiger partial charge on any atom is 0.270 e. The summed E-state index contributed by atoms with van der Waals surface area (Å²) in [4.78, 5) is 12.7. The number of anilines is 1. The van der Waals surface area contributed by atoms with E-state index >= 15 is 0 Å². The van der Waals surface area contributed by atoms with Crippen LogP contribution < -0.4 is 5.32 Å². The fourth-order valence-corrected chi connectivity index (χ4v) is 3.02. The number of nitriles is 1. The highest BCUT2D eigenvalue weighted by Crippen LogP contribution is 2.24. The van der Waals surface area contributed by atoms with Gasteiger partial charge in [-0.2, -0.15) is 5.26 Å². The largest absolute Gasteiger partial charge is 0.380 e. The second-order valence-corrected chi connectivity index (χ2v) is 5.95. The third-order valence-corrected chi connectivity index (χ3v) is 4.22. The Labute approximate surface area is 140 Å². The third kappa shape index (κ3) is 3.70. The van der Waals surface area contributed by atoms with Crippen molar-refractivity contribution < 1.29 is 4.92 Å². The Balaban J connectivity index is 1.63. The molecule has 0 spiro atoms. The van der Waals surface area contributed by atoms with Gasteiger partial charge in [-0.05, 0) is 18.1 Å². The molecular weight excluding hydrogens is 304 g/mol. The van der Waals surface area contributed by atoms with Gasteiger partial charge in [-0.25, -0.2) is 0 Å². The summed E-state index contributed by atoms with van der Waals surface area (Å²) >= 11 is 0. The average Bonchev–Trinajstić information content (AvgIpc) is 3.03. The van der Waals surface area contributed by atoms with Crippen molar-refractivity contribution in [1.82, 2.24) is 4.90 Å². The predicted octanol–water partition coefficient (Wildman–Crippen LogP) is 3.15. The number of rotatable bonds is 5. The minimum absolute atomic E-state index is 0.0609. The molecule has 6 heteroatoms. The number of nitrogens with one attached hydrogen (secondary N) is 1. The molecule has 0 radical (unpaired) electrons. The van der Waals surface area contributed by atoms with Crippen LogP contribution in [0.3, 0.4) is 0 Å². The van der Waals surface area contributed by atoms with E-state index in [0.29, 0.717) is 11.3 Å². The highest BCUT2D eigenvalue weighted by atomic mass is 16.6. The van der Waals surface area contributed by atoms with Crippen LogP contribution in [0.5, 0.6) is 0 Å². The van der Waals surface area contributed by atoms with Crippen LogP contribution in [0.25, 0.3) is 0 Å². The molecule has 0 unspecified atom stereocenters. The molecule has 2 aromatic carbocycles. The van der Waals surface area contributed by atoms with E-state index in [1.54, 1.807) is 6.07 Å². The van der Waals surface area contributed by atoms with Crippen molar-refractivity contribution in [3.8, 4) is 6.07 Å². The predicted molar refractivity (Wildman–Crippen MR) is 91.6 cm³/mol. The van der Waals surface area contributed by atoms with Crippen LogP contribution in [-0.2, 0) is 6.54 Å². The summed E-state index contributed by atoms with van der Waals surface area (Å²) in [6.45, 7) is 2.78. The molecule has 1 aliphatic heterocycles. The van der Waals surface area contributed by atoms with Gasteiger partial charge in [0.2, 0.25) is 0 Å². The SMILES string of the molecule is N#Cc1cc([N+](=O)[O-])ccc1N[C@@H]1CCN(Cc2ccccc2)C1. The quantitative estimate of drug-likeness (QED) is 0.675. The van der Waals surface area contributed by atoms with Crippen molar-refractivity contribution in [3.63, 3.8) is 0 Å². The van der Waals surface area contributed by atoms with Gasteiger partial charge < -0.3 is 5.32 Å². The number of non-ortho nitro benzene ring substituents is 1. The van der Waals surface area contributed by atoms with Crippen molar-refractivity contribution in [2.24, 2.45) is 0 Å². The minimum Gasteiger partial charge on any atom is -0.380 e. The molecule has 1 N–H and O–H groups in total. The van der Waals surface area contributed by atoms with Gasteiger partial charge in [-0.15, -0.1) is 0 Å². The average molecular weight is 322 g/mol. The first kappa shape index (κ1) is 16.0. The number of likely N-dealkylation sites (tertiary alicyclic amines) is 1. The van der Waals surface area contributed by atoms with E-state index in [2.05, 4.69) is 22.3 Å². The highest BCUT2D eigenvalue weighted by Gasteiger charge is 2.23. The Bertz CT molecular complexity index is 770. The summed E-state index contributed by atoms with van der Waals surface area (Å²) in [6, 6.07) is 17.0. The van der Waals surface area contributed by atoms with Gasteiger partial charge in [0.1, 0.15) is 6.07 Å². The van der Waals surface area contributed by atoms with Crippen LogP contribution in [0, 0.1) is 21.4 Å². The summed E-state index contributed by atoms with van der Waals surface area (Å²) in [5, 5.41) is 23.4. The highest BCUT2D eigenvalue weighted by molar-refractivity contribution is 5.61. The fraction of sp³-hybridized carbons (Fsp3) is 0.278. The van der Waals surface area contributed by atoms with E-state index < -0.39 is 4.92 Å². The molecular formula is C18H18N4O2. The normalized spacial score (nSPS) is 17.4. The minimum atomic E-state index is -0.484. The smallest absolute Gasteiger partial charge is 0.270 e. The standard InChI is InChI=1S/C18H18N4O2/c19-11-15-10-17(22(23)24)6-7-18(15)20-16-8-9-21(13-16)12-14-4-2-1-3-5-14/h1-7,10,16,20H,8-9,12-13H2/t16-/m1/s1. The van der Waals surface area contributed by atoms with Crippen LogP contribution in [-0.4, -0.2) is 29.0 Å². The van der Waals surface area contributed by atoms with Crippen molar-refractivity contribution >= 4 is 11.4 Å². The molecule has 1 atom stereocenters. The lowest BCUT2D eigenvalue weighted by atomic mass is 10.1. The second-order valence-electron chi connectivity index (χ2n) is 5.95. The summed E-state index contributed by atoms with van der Waals surface area (Å²) in [5.74, 6) is 0. The first-order valence-electron chi connectivity index (χ1n) is 7.87. The van der Waals surface area contributed by atoms with E-state index in [4.69, 9.17) is 0 Å². The number of nitro groups is 1. The number of nitro benzene ring substituents is 1. The molecule has 1 saturated heterocycles. The first-order chi connectivity index (χ1) is 11.7. The summed E-state index contributed by atoms with van der Waals surface area (Å²) < 4.78 is 0. The summed E-state index contributed by atoms with van der Waals surface area (Å²) in [7, 11) is 0. The number of hydrogen-bond acceptors (Lipinski definition) is 5. The van der Waals surface area contributed by atoms with Crippen molar-refractivity contribution in [2.75, 3.05) is 18.4 Å². The monoisotopic (exact) mass is 322 g/mol. The Morgan fingerprint density at radius 1 is 1.29 bits per heavy atom. The van der Waals surface area contributed by atoms with E-state index in [9.17, 15) is 15.4 Å². The molecule has 3 rings (SSSR count). The molecule has 24 heavy (non-hydrogen) atoms. The van der Waals surface area contributed by atoms with E-state index in [1.165, 1.54) is 17.7 Å². The molecule has 6 nitrogen and oxygen atoms in total. The lowest BCUT2D eigenvalue weighted by molar-refractivity contribution is -0.384. The second kappa shape index (κ2) is 7.11. The van der Waals surface area contributed by atoms with Crippen LogP contribution in [0.15, 0.2) is 48.5 Å². The van der Waals surface area contributed by atoms with Gasteiger partial charge in [0, 0.05) is 37.8 Å². The van der Waals surface area contributed by atoms with E-state index in [0.717, 1.165) is 26.1 Å². The Hall–Kier alpha value is -2.91. The first-order valence-corrected chi connectivity index (χ1v) is 7.87. The lowest BCUT2D eigenvalue weighted by Gasteiger charge is -2.18. The van der Waals surface area contributed by atoms with Gasteiger partial charge in [0.05, 0.1) is 16.2 Å². The number of hydrogen-bond donors (Lipinski definition) is 1. The molecule has 0 aliphatic carbocycles. The van der Waals surface area contributed by atoms with Crippen LogP contribution >= 0.6 is 0 Å². The molecule has 1 heterocycles. The zero-order chi connectivity index (χ0) is 16.9. The van der Waals surface area contributed by atoms with Crippen LogP contribution in [0.4, 0.5) is 11.4 Å². The Morgan fingerprint density at radius 3 is 2.79 bits per heavy atom. The van der Waals surface area contributed by atoms with Gasteiger partial charge >= 0.3 is 0 Å². The molecule has 0 bridgehead atoms. The van der Waals surface area contributed by atoms with E-state index in [1.807, 2.05) is 24.3 Å². The lowest BCUT2D eigenvalue weighted by Crippen LogP contribution is -2.26. The topological polar surface area (TPSA) is 82.2 Å². The zero-order valence-electron chi connectivity index (χ0n) is 13.2. The molecule has 1 aliphatic rings. The molecule has 0 amide bonds. The summed E-state index contributed by atoms with van der Waals surface area (Å²) in [6.07, 6.45) is 0.981. The van der Waals surface area contributed by atoms with Gasteiger partial charge in [-0.1, -0.05) is 30.3 Å². The van der Waals surface area contributed by atoms with Crippen LogP contribution in [0.2, 0.25) is 0 Å². The fourth-order valence-electron chi connectivity index (χ4n) is 3.02. The Kier molecular flexibility index (Phi) is 4.73. The summed E-state index contributed by atoms with van der Waals surface area (Å²) in [5.41, 5.74) is 2.20. The molecule has 122 valence electrons. The Morgan fingerprint density at radius 2 is 2.08 bits per heavy atom. The third-order valence-electron chi connectivity index (χ3n) is 4.22. The maximum atomic E-state index is 10.8. The van der Waals surface area contributed by atoms with Crippen LogP contribution in [0.1, 0.15) is 17.5 Å². The molecule has 2 aromatic rings. The van der Waals surface area contributed by atoms with E-state index in [-0.39, 0.29) is 11.7 Å². The van der Waals surface area contributed by atoms with Gasteiger partial charge in [0.15, 0.2) is 0 Å². The maximum absolute atomic E-state index is 10.8. The van der Waals surface area contributed by atoms with Gasteiger partial charge in [-0.3, -0.25) is 15.0 Å². The van der Waals surface area contributed by atoms with Crippen molar-refractivity contribution in [2.45, 2.75) is 19.0 Å². The van der Waals surface area contributed by atoms with Crippen molar-refractivity contribution in [1.29, 1.82) is 5.26 Å². The molecule has 0 saturated carbocycles. The van der Waals surface area contributed by atoms with Gasteiger partial charge in [0.25, 0.3) is 5.69 Å².